The average molecular weight is 216 g/mol. The molecule has 2 atom stereocenters. The molecule has 2 heteroatoms. The number of nitrogens with two attached hydrogens (primary N) is 1. The van der Waals surface area contributed by atoms with Gasteiger partial charge in [-0.15, -0.1) is 0 Å². The van der Waals surface area contributed by atoms with Gasteiger partial charge in [-0.2, -0.15) is 0 Å². The van der Waals surface area contributed by atoms with Gasteiger partial charge in [-0.25, -0.2) is 0 Å². The van der Waals surface area contributed by atoms with Crippen molar-refractivity contribution < 1.29 is 0 Å². The van der Waals surface area contributed by atoms with E-state index < -0.39 is 0 Å². The van der Waals surface area contributed by atoms with E-state index >= 15 is 0 Å². The van der Waals surface area contributed by atoms with E-state index in [9.17, 15) is 0 Å². The van der Waals surface area contributed by atoms with Gasteiger partial charge in [-0.05, 0) is 37.8 Å². The van der Waals surface area contributed by atoms with Crippen molar-refractivity contribution in [1.29, 1.82) is 0 Å². The zero-order valence-electron chi connectivity index (χ0n) is 9.73. The van der Waals surface area contributed by atoms with Gasteiger partial charge >= 0.3 is 0 Å². The smallest absolute Gasteiger partial charge is 0.0539 e. The van der Waals surface area contributed by atoms with Crippen LogP contribution < -0.4 is 5.73 Å². The quantitative estimate of drug-likeness (QED) is 0.779. The summed E-state index contributed by atoms with van der Waals surface area (Å²) in [7, 11) is 0. The summed E-state index contributed by atoms with van der Waals surface area (Å²) in [5.74, 6) is 0. The van der Waals surface area contributed by atoms with Crippen LogP contribution in [-0.2, 0) is 5.54 Å². The molecule has 0 aromatic heterocycles. The van der Waals surface area contributed by atoms with E-state index in [1.165, 1.54) is 31.4 Å². The zero-order valence-corrected chi connectivity index (χ0v) is 9.73. The van der Waals surface area contributed by atoms with Crippen molar-refractivity contribution >= 4 is 0 Å². The first-order chi connectivity index (χ1) is 7.78. The number of nitrogens with zero attached hydrogens (tertiary/aromatic N) is 1. The SMILES string of the molecule is N[C@@]1(c2ccccc2)CC[C@H]2CCCN2C1. The van der Waals surface area contributed by atoms with E-state index in [4.69, 9.17) is 5.73 Å². The fourth-order valence-corrected chi connectivity index (χ4v) is 3.30. The number of hydrogen-bond acceptors (Lipinski definition) is 2. The molecule has 2 nitrogen and oxygen atoms in total. The molecule has 1 aromatic carbocycles. The Labute approximate surface area is 97.4 Å². The molecule has 0 unspecified atom stereocenters. The van der Waals surface area contributed by atoms with Gasteiger partial charge in [0, 0.05) is 12.6 Å². The number of piperidine rings is 1. The first kappa shape index (κ1) is 10.3. The second-order valence-corrected chi connectivity index (χ2v) is 5.33. The van der Waals surface area contributed by atoms with Gasteiger partial charge in [0.1, 0.15) is 0 Å². The summed E-state index contributed by atoms with van der Waals surface area (Å²) < 4.78 is 0. The summed E-state index contributed by atoms with van der Waals surface area (Å²) >= 11 is 0. The predicted molar refractivity (Wildman–Crippen MR) is 66.1 cm³/mol. The van der Waals surface area contributed by atoms with Crippen molar-refractivity contribution in [2.75, 3.05) is 13.1 Å². The van der Waals surface area contributed by atoms with E-state index in [0.717, 1.165) is 19.0 Å². The molecular weight excluding hydrogens is 196 g/mol. The van der Waals surface area contributed by atoms with E-state index in [1.807, 2.05) is 0 Å². The fraction of sp³-hybridized carbons (Fsp3) is 0.571. The van der Waals surface area contributed by atoms with Crippen LogP contribution in [0.25, 0.3) is 0 Å². The summed E-state index contributed by atoms with van der Waals surface area (Å²) in [6, 6.07) is 11.4. The lowest BCUT2D eigenvalue weighted by molar-refractivity contribution is 0.124. The maximum Gasteiger partial charge on any atom is 0.0539 e. The lowest BCUT2D eigenvalue weighted by Crippen LogP contribution is -2.53. The summed E-state index contributed by atoms with van der Waals surface area (Å²) in [5, 5.41) is 0. The zero-order chi connectivity index (χ0) is 11.0. The van der Waals surface area contributed by atoms with E-state index in [0.29, 0.717) is 0 Å². The molecule has 0 saturated carbocycles. The van der Waals surface area contributed by atoms with Gasteiger partial charge in [0.25, 0.3) is 0 Å². The Kier molecular flexibility index (Phi) is 2.49. The summed E-state index contributed by atoms with van der Waals surface area (Å²) in [5.41, 5.74) is 7.79. The minimum absolute atomic E-state index is 0.109. The maximum atomic E-state index is 6.59. The first-order valence-electron chi connectivity index (χ1n) is 6.36. The molecule has 3 rings (SSSR count). The highest BCUT2D eigenvalue weighted by atomic mass is 15.2. The molecule has 2 aliphatic heterocycles. The molecular formula is C14H20N2. The third-order valence-corrected chi connectivity index (χ3v) is 4.26. The minimum Gasteiger partial charge on any atom is -0.320 e. The molecule has 0 radical (unpaired) electrons. The number of fused-ring (bicyclic) bond motifs is 1. The van der Waals surface area contributed by atoms with Crippen LogP contribution in [0, 0.1) is 0 Å². The van der Waals surface area contributed by atoms with Gasteiger partial charge in [-0.1, -0.05) is 30.3 Å². The molecule has 2 fully saturated rings. The van der Waals surface area contributed by atoms with E-state index in [2.05, 4.69) is 35.2 Å². The van der Waals surface area contributed by atoms with Crippen LogP contribution in [-0.4, -0.2) is 24.0 Å². The van der Waals surface area contributed by atoms with Crippen molar-refractivity contribution in [1.82, 2.24) is 4.90 Å². The minimum atomic E-state index is -0.109. The van der Waals surface area contributed by atoms with Gasteiger partial charge in [0.2, 0.25) is 0 Å². The average Bonchev–Trinajstić information content (AvgIpc) is 2.77. The van der Waals surface area contributed by atoms with Crippen molar-refractivity contribution in [3.05, 3.63) is 35.9 Å². The predicted octanol–water partition coefficient (Wildman–Crippen LogP) is 2.10. The van der Waals surface area contributed by atoms with Crippen LogP contribution in [0.2, 0.25) is 0 Å². The monoisotopic (exact) mass is 216 g/mol. The largest absolute Gasteiger partial charge is 0.320 e. The Morgan fingerprint density at radius 3 is 2.81 bits per heavy atom. The van der Waals surface area contributed by atoms with Gasteiger partial charge in [0.15, 0.2) is 0 Å². The van der Waals surface area contributed by atoms with Gasteiger partial charge < -0.3 is 5.73 Å². The molecule has 16 heavy (non-hydrogen) atoms. The third kappa shape index (κ3) is 1.66. The van der Waals surface area contributed by atoms with Crippen molar-refractivity contribution in [3.63, 3.8) is 0 Å². The molecule has 2 saturated heterocycles. The van der Waals surface area contributed by atoms with Crippen molar-refractivity contribution in [2.45, 2.75) is 37.3 Å². The standard InChI is InChI=1S/C14H20N2/c15-14(12-5-2-1-3-6-12)9-8-13-7-4-10-16(13)11-14/h1-3,5-6,13H,4,7-11,15H2/t13-,14+/m1/s1. The topological polar surface area (TPSA) is 29.3 Å². The molecule has 86 valence electrons. The van der Waals surface area contributed by atoms with Crippen LogP contribution in [0.5, 0.6) is 0 Å². The molecule has 0 amide bonds. The molecule has 1 aromatic rings. The molecule has 0 spiro atoms. The van der Waals surface area contributed by atoms with Crippen molar-refractivity contribution in [2.24, 2.45) is 5.73 Å². The molecule has 2 heterocycles. The Hall–Kier alpha value is -0.860. The summed E-state index contributed by atoms with van der Waals surface area (Å²) in [6.45, 7) is 2.29. The maximum absolute atomic E-state index is 6.59. The first-order valence-corrected chi connectivity index (χ1v) is 6.36. The van der Waals surface area contributed by atoms with Gasteiger partial charge in [0.05, 0.1) is 5.54 Å². The Bertz CT molecular complexity index is 362. The highest BCUT2D eigenvalue weighted by Gasteiger charge is 2.39. The normalized spacial score (nSPS) is 34.9. The van der Waals surface area contributed by atoms with Crippen molar-refractivity contribution in [3.8, 4) is 0 Å². The van der Waals surface area contributed by atoms with E-state index in [-0.39, 0.29) is 5.54 Å². The highest BCUT2D eigenvalue weighted by molar-refractivity contribution is 5.25. The molecule has 2 N–H and O–H groups in total. The Balaban J connectivity index is 1.84. The third-order valence-electron chi connectivity index (χ3n) is 4.26. The fourth-order valence-electron chi connectivity index (χ4n) is 3.30. The number of rotatable bonds is 1. The lowest BCUT2D eigenvalue weighted by atomic mass is 9.81. The lowest BCUT2D eigenvalue weighted by Gasteiger charge is -2.42. The summed E-state index contributed by atoms with van der Waals surface area (Å²) in [6.07, 6.45) is 5.14. The second-order valence-electron chi connectivity index (χ2n) is 5.33. The van der Waals surface area contributed by atoms with Crippen LogP contribution in [0.1, 0.15) is 31.2 Å². The summed E-state index contributed by atoms with van der Waals surface area (Å²) in [4.78, 5) is 2.59. The molecule has 2 aliphatic rings. The number of benzene rings is 1. The van der Waals surface area contributed by atoms with E-state index in [1.54, 1.807) is 0 Å². The Morgan fingerprint density at radius 1 is 1.19 bits per heavy atom. The van der Waals surface area contributed by atoms with Crippen LogP contribution in [0.3, 0.4) is 0 Å². The molecule has 0 bridgehead atoms. The van der Waals surface area contributed by atoms with Crippen LogP contribution in [0.4, 0.5) is 0 Å². The Morgan fingerprint density at radius 2 is 2.00 bits per heavy atom. The number of hydrogen-bond donors (Lipinski definition) is 1. The van der Waals surface area contributed by atoms with Gasteiger partial charge in [-0.3, -0.25) is 4.90 Å². The highest BCUT2D eigenvalue weighted by Crippen LogP contribution is 2.35. The molecule has 0 aliphatic carbocycles. The second kappa shape index (κ2) is 3.86. The van der Waals surface area contributed by atoms with Crippen LogP contribution >= 0.6 is 0 Å². The van der Waals surface area contributed by atoms with Crippen LogP contribution in [0.15, 0.2) is 30.3 Å².